The monoisotopic (exact) mass is 309 g/mol. The number of hydrogen-bond donors (Lipinski definition) is 0. The van der Waals surface area contributed by atoms with Crippen LogP contribution in [0.15, 0.2) is 48.5 Å². The van der Waals surface area contributed by atoms with Gasteiger partial charge in [0.15, 0.2) is 0 Å². The van der Waals surface area contributed by atoms with Crippen LogP contribution in [0.1, 0.15) is 29.3 Å². The number of amides is 1. The summed E-state index contributed by atoms with van der Waals surface area (Å²) >= 11 is 0. The molecule has 0 saturated carbocycles. The molecule has 1 aliphatic heterocycles. The molecule has 2 aromatic rings. The molecule has 2 aromatic carbocycles. The van der Waals surface area contributed by atoms with Gasteiger partial charge in [0, 0.05) is 12.1 Å². The van der Waals surface area contributed by atoms with Crippen molar-refractivity contribution in [2.75, 3.05) is 19.8 Å². The highest BCUT2D eigenvalue weighted by Gasteiger charge is 2.28. The minimum absolute atomic E-state index is 0.109. The Bertz CT molecular complexity index is 696. The van der Waals surface area contributed by atoms with E-state index in [1.54, 1.807) is 0 Å². The Morgan fingerprint density at radius 2 is 2.04 bits per heavy atom. The Morgan fingerprint density at radius 3 is 2.83 bits per heavy atom. The number of aryl methyl sites for hydroxylation is 1. The van der Waals surface area contributed by atoms with Gasteiger partial charge in [-0.15, -0.1) is 0 Å². The number of rotatable bonds is 3. The predicted octanol–water partition coefficient (Wildman–Crippen LogP) is 3.91. The van der Waals surface area contributed by atoms with Crippen LogP contribution in [-0.4, -0.2) is 36.6 Å². The fourth-order valence-electron chi connectivity index (χ4n) is 3.15. The molecule has 0 bridgehead atoms. The fraction of sp³-hybridized carbons (Fsp3) is 0.350. The molecule has 1 atom stereocenters. The highest BCUT2D eigenvalue weighted by atomic mass is 16.5. The van der Waals surface area contributed by atoms with E-state index in [9.17, 15) is 4.79 Å². The van der Waals surface area contributed by atoms with E-state index >= 15 is 0 Å². The Kier molecular flexibility index (Phi) is 4.77. The number of benzene rings is 2. The van der Waals surface area contributed by atoms with Gasteiger partial charge in [0.05, 0.1) is 19.3 Å². The van der Waals surface area contributed by atoms with Gasteiger partial charge in [0.25, 0.3) is 5.91 Å². The molecule has 1 amide bonds. The zero-order valence-corrected chi connectivity index (χ0v) is 13.8. The summed E-state index contributed by atoms with van der Waals surface area (Å²) in [5.74, 6) is 0.109. The van der Waals surface area contributed by atoms with Crippen molar-refractivity contribution >= 4 is 5.91 Å². The van der Waals surface area contributed by atoms with Gasteiger partial charge in [-0.1, -0.05) is 55.0 Å². The van der Waals surface area contributed by atoms with Gasteiger partial charge in [0.2, 0.25) is 0 Å². The van der Waals surface area contributed by atoms with E-state index in [4.69, 9.17) is 4.74 Å². The molecule has 3 rings (SSSR count). The van der Waals surface area contributed by atoms with E-state index in [-0.39, 0.29) is 11.9 Å². The maximum absolute atomic E-state index is 13.1. The van der Waals surface area contributed by atoms with Crippen LogP contribution in [0.4, 0.5) is 0 Å². The lowest BCUT2D eigenvalue weighted by Gasteiger charge is -2.35. The average molecular weight is 309 g/mol. The van der Waals surface area contributed by atoms with Crippen molar-refractivity contribution in [2.45, 2.75) is 26.3 Å². The summed E-state index contributed by atoms with van der Waals surface area (Å²) in [6.45, 7) is 6.10. The topological polar surface area (TPSA) is 29.5 Å². The minimum atomic E-state index is 0.109. The van der Waals surface area contributed by atoms with Crippen molar-refractivity contribution in [3.63, 3.8) is 0 Å². The molecule has 23 heavy (non-hydrogen) atoms. The van der Waals surface area contributed by atoms with E-state index in [2.05, 4.69) is 32.0 Å². The van der Waals surface area contributed by atoms with E-state index in [1.165, 1.54) is 5.56 Å². The molecule has 1 unspecified atom stereocenters. The Morgan fingerprint density at radius 1 is 1.22 bits per heavy atom. The van der Waals surface area contributed by atoms with Crippen LogP contribution in [0.2, 0.25) is 0 Å². The smallest absolute Gasteiger partial charge is 0.254 e. The first-order valence-corrected chi connectivity index (χ1v) is 8.25. The molecule has 0 spiro atoms. The molecule has 1 heterocycles. The molecule has 3 nitrogen and oxygen atoms in total. The molecule has 0 radical (unpaired) electrons. The molecule has 1 saturated heterocycles. The second kappa shape index (κ2) is 6.97. The van der Waals surface area contributed by atoms with E-state index in [0.717, 1.165) is 23.1 Å². The number of carbonyl (C=O) groups excluding carboxylic acids is 1. The van der Waals surface area contributed by atoms with Gasteiger partial charge in [-0.05, 0) is 30.5 Å². The van der Waals surface area contributed by atoms with Gasteiger partial charge < -0.3 is 9.64 Å². The summed E-state index contributed by atoms with van der Waals surface area (Å²) in [5, 5.41) is 0. The molecule has 3 heteroatoms. The molecule has 1 fully saturated rings. The van der Waals surface area contributed by atoms with Gasteiger partial charge in [-0.25, -0.2) is 0 Å². The van der Waals surface area contributed by atoms with Crippen LogP contribution < -0.4 is 0 Å². The summed E-state index contributed by atoms with van der Waals surface area (Å²) in [6.07, 6.45) is 0.915. The van der Waals surface area contributed by atoms with Gasteiger partial charge in [0.1, 0.15) is 0 Å². The standard InChI is InChI=1S/C20H23NO2/c1-3-17-14-23-12-11-21(17)20(22)19-10-5-4-9-18(19)16-8-6-7-15(2)13-16/h4-10,13,17H,3,11-12,14H2,1-2H3. The van der Waals surface area contributed by atoms with Gasteiger partial charge in [-0.3, -0.25) is 4.79 Å². The van der Waals surface area contributed by atoms with Crippen molar-refractivity contribution in [1.82, 2.24) is 4.90 Å². The fourth-order valence-corrected chi connectivity index (χ4v) is 3.15. The number of hydrogen-bond acceptors (Lipinski definition) is 2. The molecular formula is C20H23NO2. The molecule has 0 aliphatic carbocycles. The van der Waals surface area contributed by atoms with E-state index in [0.29, 0.717) is 19.8 Å². The Balaban J connectivity index is 1.98. The molecule has 1 aliphatic rings. The summed E-state index contributed by atoms with van der Waals surface area (Å²) in [5.41, 5.74) is 4.07. The van der Waals surface area contributed by atoms with Crippen molar-refractivity contribution in [3.05, 3.63) is 59.7 Å². The minimum Gasteiger partial charge on any atom is -0.377 e. The van der Waals surface area contributed by atoms with Crippen molar-refractivity contribution in [1.29, 1.82) is 0 Å². The molecular weight excluding hydrogens is 286 g/mol. The molecule has 0 N–H and O–H groups in total. The van der Waals surface area contributed by atoms with Crippen molar-refractivity contribution < 1.29 is 9.53 Å². The van der Waals surface area contributed by atoms with Crippen LogP contribution in [0.25, 0.3) is 11.1 Å². The first kappa shape index (κ1) is 15.8. The Labute approximate surface area is 137 Å². The second-order valence-electron chi connectivity index (χ2n) is 6.05. The van der Waals surface area contributed by atoms with Crippen LogP contribution in [-0.2, 0) is 4.74 Å². The SMILES string of the molecule is CCC1COCCN1C(=O)c1ccccc1-c1cccc(C)c1. The average Bonchev–Trinajstić information content (AvgIpc) is 2.61. The third-order valence-electron chi connectivity index (χ3n) is 4.45. The third kappa shape index (κ3) is 3.30. The number of carbonyl (C=O) groups is 1. The summed E-state index contributed by atoms with van der Waals surface area (Å²) < 4.78 is 5.53. The Hall–Kier alpha value is -2.13. The first-order valence-electron chi connectivity index (χ1n) is 8.25. The second-order valence-corrected chi connectivity index (χ2v) is 6.05. The van der Waals surface area contributed by atoms with Crippen LogP contribution in [0.5, 0.6) is 0 Å². The third-order valence-corrected chi connectivity index (χ3v) is 4.45. The maximum atomic E-state index is 13.1. The quantitative estimate of drug-likeness (QED) is 0.860. The maximum Gasteiger partial charge on any atom is 0.254 e. The highest BCUT2D eigenvalue weighted by molar-refractivity contribution is 6.01. The molecule has 120 valence electrons. The zero-order valence-electron chi connectivity index (χ0n) is 13.8. The van der Waals surface area contributed by atoms with E-state index in [1.807, 2.05) is 35.2 Å². The number of morpholine rings is 1. The lowest BCUT2D eigenvalue weighted by molar-refractivity contribution is -0.00275. The first-order chi connectivity index (χ1) is 11.2. The van der Waals surface area contributed by atoms with Crippen LogP contribution >= 0.6 is 0 Å². The van der Waals surface area contributed by atoms with Crippen LogP contribution in [0, 0.1) is 6.92 Å². The van der Waals surface area contributed by atoms with E-state index < -0.39 is 0 Å². The summed E-state index contributed by atoms with van der Waals surface area (Å²) in [6, 6.07) is 16.4. The lowest BCUT2D eigenvalue weighted by atomic mass is 9.97. The highest BCUT2D eigenvalue weighted by Crippen LogP contribution is 2.27. The number of nitrogens with zero attached hydrogens (tertiary/aromatic N) is 1. The van der Waals surface area contributed by atoms with Crippen molar-refractivity contribution in [2.24, 2.45) is 0 Å². The normalized spacial score (nSPS) is 18.0. The largest absolute Gasteiger partial charge is 0.377 e. The summed E-state index contributed by atoms with van der Waals surface area (Å²) in [7, 11) is 0. The van der Waals surface area contributed by atoms with Gasteiger partial charge >= 0.3 is 0 Å². The predicted molar refractivity (Wildman–Crippen MR) is 92.5 cm³/mol. The summed E-state index contributed by atoms with van der Waals surface area (Å²) in [4.78, 5) is 15.1. The lowest BCUT2D eigenvalue weighted by Crippen LogP contribution is -2.48. The zero-order chi connectivity index (χ0) is 16.2. The molecule has 0 aromatic heterocycles. The van der Waals surface area contributed by atoms with Crippen molar-refractivity contribution in [3.8, 4) is 11.1 Å². The van der Waals surface area contributed by atoms with Gasteiger partial charge in [-0.2, -0.15) is 0 Å². The van der Waals surface area contributed by atoms with Crippen LogP contribution in [0.3, 0.4) is 0 Å². The number of ether oxygens (including phenoxy) is 1.